The van der Waals surface area contributed by atoms with Gasteiger partial charge in [0.15, 0.2) is 0 Å². The number of hydrogen-bond acceptors (Lipinski definition) is 3. The molecular formula is C14H18FN3O2S. The van der Waals surface area contributed by atoms with E-state index in [2.05, 4.69) is 9.82 Å². The smallest absolute Gasteiger partial charge is 0.241 e. The summed E-state index contributed by atoms with van der Waals surface area (Å²) in [5.41, 5.74) is 1.38. The van der Waals surface area contributed by atoms with Crippen LogP contribution in [0.3, 0.4) is 0 Å². The van der Waals surface area contributed by atoms with Crippen molar-refractivity contribution in [3.63, 3.8) is 0 Å². The Balaban J connectivity index is 2.30. The highest BCUT2D eigenvalue weighted by atomic mass is 32.2. The zero-order valence-electron chi connectivity index (χ0n) is 12.4. The Morgan fingerprint density at radius 1 is 1.29 bits per heavy atom. The van der Waals surface area contributed by atoms with Crippen LogP contribution >= 0.6 is 0 Å². The molecule has 1 N–H and O–H groups in total. The van der Waals surface area contributed by atoms with Crippen molar-refractivity contribution in [2.45, 2.75) is 31.7 Å². The maximum absolute atomic E-state index is 13.6. The minimum absolute atomic E-state index is 0.0645. The Morgan fingerprint density at radius 2 is 1.86 bits per heavy atom. The van der Waals surface area contributed by atoms with Gasteiger partial charge in [-0.15, -0.1) is 0 Å². The Morgan fingerprint density at radius 3 is 2.33 bits per heavy atom. The van der Waals surface area contributed by atoms with E-state index in [0.717, 1.165) is 5.56 Å². The lowest BCUT2D eigenvalue weighted by atomic mass is 10.1. The summed E-state index contributed by atoms with van der Waals surface area (Å²) in [6.07, 6.45) is 3.35. The number of aromatic nitrogens is 2. The fourth-order valence-corrected chi connectivity index (χ4v) is 3.50. The maximum atomic E-state index is 13.6. The lowest BCUT2D eigenvalue weighted by Gasteiger charge is -2.14. The third-order valence-electron chi connectivity index (χ3n) is 3.28. The average molecular weight is 311 g/mol. The Bertz CT molecular complexity index is 745. The molecule has 0 amide bonds. The summed E-state index contributed by atoms with van der Waals surface area (Å²) in [7, 11) is -1.95. The SMILES string of the molecule is Cc1cc(S(=O)(=O)NC(C)c2cnn(C)c2)cc(C)c1F. The van der Waals surface area contributed by atoms with Gasteiger partial charge in [0, 0.05) is 24.8 Å². The van der Waals surface area contributed by atoms with Gasteiger partial charge in [0.05, 0.1) is 11.1 Å². The van der Waals surface area contributed by atoms with Gasteiger partial charge in [-0.25, -0.2) is 17.5 Å². The number of benzene rings is 1. The second-order valence-corrected chi connectivity index (χ2v) is 6.88. The third-order valence-corrected chi connectivity index (χ3v) is 4.80. The summed E-state index contributed by atoms with van der Waals surface area (Å²) >= 11 is 0. The van der Waals surface area contributed by atoms with Crippen molar-refractivity contribution >= 4 is 10.0 Å². The quantitative estimate of drug-likeness (QED) is 0.941. The van der Waals surface area contributed by atoms with Gasteiger partial charge in [-0.1, -0.05) is 0 Å². The molecule has 0 saturated heterocycles. The van der Waals surface area contributed by atoms with Gasteiger partial charge in [-0.05, 0) is 44.0 Å². The van der Waals surface area contributed by atoms with Crippen LogP contribution in [0.2, 0.25) is 0 Å². The monoisotopic (exact) mass is 311 g/mol. The van der Waals surface area contributed by atoms with Gasteiger partial charge in [0.25, 0.3) is 0 Å². The fraction of sp³-hybridized carbons (Fsp3) is 0.357. The molecule has 1 aromatic heterocycles. The predicted octanol–water partition coefficient (Wildman–Crippen LogP) is 2.22. The molecule has 0 aliphatic carbocycles. The van der Waals surface area contributed by atoms with Crippen LogP contribution in [-0.2, 0) is 17.1 Å². The van der Waals surface area contributed by atoms with E-state index in [-0.39, 0.29) is 10.7 Å². The molecule has 0 radical (unpaired) electrons. The molecule has 0 fully saturated rings. The van der Waals surface area contributed by atoms with E-state index < -0.39 is 16.1 Å². The number of aryl methyl sites for hydroxylation is 3. The van der Waals surface area contributed by atoms with Crippen LogP contribution in [0.5, 0.6) is 0 Å². The standard InChI is InChI=1S/C14H18FN3O2S/c1-9-5-13(6-10(2)14(9)15)21(19,20)17-11(3)12-7-16-18(4)8-12/h5-8,11,17H,1-4H3. The lowest BCUT2D eigenvalue weighted by Crippen LogP contribution is -2.27. The summed E-state index contributed by atoms with van der Waals surface area (Å²) in [6, 6.07) is 2.25. The second kappa shape index (κ2) is 5.57. The Hall–Kier alpha value is -1.73. The molecule has 114 valence electrons. The van der Waals surface area contributed by atoms with E-state index in [4.69, 9.17) is 0 Å². The molecule has 2 rings (SSSR count). The number of rotatable bonds is 4. The van der Waals surface area contributed by atoms with E-state index in [1.165, 1.54) is 12.1 Å². The number of hydrogen-bond donors (Lipinski definition) is 1. The van der Waals surface area contributed by atoms with E-state index in [1.807, 2.05) is 0 Å². The normalized spacial score (nSPS) is 13.4. The van der Waals surface area contributed by atoms with Crippen molar-refractivity contribution in [1.29, 1.82) is 0 Å². The van der Waals surface area contributed by atoms with E-state index in [9.17, 15) is 12.8 Å². The first-order chi connectivity index (χ1) is 9.70. The summed E-state index contributed by atoms with van der Waals surface area (Å²) in [6.45, 7) is 4.83. The molecule has 5 nitrogen and oxygen atoms in total. The highest BCUT2D eigenvalue weighted by molar-refractivity contribution is 7.89. The number of nitrogens with one attached hydrogen (secondary N) is 1. The average Bonchev–Trinajstić information content (AvgIpc) is 2.81. The molecule has 1 aromatic carbocycles. The van der Waals surface area contributed by atoms with Gasteiger partial charge < -0.3 is 0 Å². The first-order valence-corrected chi connectivity index (χ1v) is 7.96. The van der Waals surface area contributed by atoms with Crippen molar-refractivity contribution in [3.8, 4) is 0 Å². The minimum atomic E-state index is -3.71. The molecule has 7 heteroatoms. The third kappa shape index (κ3) is 3.30. The second-order valence-electron chi connectivity index (χ2n) is 5.16. The molecule has 0 bridgehead atoms. The first-order valence-electron chi connectivity index (χ1n) is 6.48. The number of nitrogens with zero attached hydrogens (tertiary/aromatic N) is 2. The molecule has 1 heterocycles. The molecule has 1 unspecified atom stereocenters. The van der Waals surface area contributed by atoms with Crippen molar-refractivity contribution < 1.29 is 12.8 Å². The van der Waals surface area contributed by atoms with Gasteiger partial charge >= 0.3 is 0 Å². The summed E-state index contributed by atoms with van der Waals surface area (Å²) in [5, 5.41) is 4.01. The molecule has 0 aliphatic rings. The molecule has 1 atom stereocenters. The largest absolute Gasteiger partial charge is 0.275 e. The Kier molecular flexibility index (Phi) is 4.15. The maximum Gasteiger partial charge on any atom is 0.241 e. The van der Waals surface area contributed by atoms with E-state index in [0.29, 0.717) is 11.1 Å². The molecule has 0 aliphatic heterocycles. The van der Waals surface area contributed by atoms with Gasteiger partial charge in [0.1, 0.15) is 5.82 Å². The highest BCUT2D eigenvalue weighted by Crippen LogP contribution is 2.21. The topological polar surface area (TPSA) is 64.0 Å². The van der Waals surface area contributed by atoms with Crippen molar-refractivity contribution in [3.05, 3.63) is 47.0 Å². The zero-order chi connectivity index (χ0) is 15.8. The van der Waals surface area contributed by atoms with Crippen LogP contribution in [0.15, 0.2) is 29.4 Å². The minimum Gasteiger partial charge on any atom is -0.275 e. The number of halogens is 1. The van der Waals surface area contributed by atoms with Crippen molar-refractivity contribution in [1.82, 2.24) is 14.5 Å². The summed E-state index contributed by atoms with van der Waals surface area (Å²) < 4.78 is 42.5. The zero-order valence-corrected chi connectivity index (χ0v) is 13.2. The van der Waals surface area contributed by atoms with Gasteiger partial charge in [-0.3, -0.25) is 4.68 Å². The fourth-order valence-electron chi connectivity index (χ4n) is 2.09. The highest BCUT2D eigenvalue weighted by Gasteiger charge is 2.21. The number of sulfonamides is 1. The summed E-state index contributed by atoms with van der Waals surface area (Å²) in [5.74, 6) is -0.380. The van der Waals surface area contributed by atoms with E-state index >= 15 is 0 Å². The lowest BCUT2D eigenvalue weighted by molar-refractivity contribution is 0.565. The van der Waals surface area contributed by atoms with Crippen LogP contribution in [0.1, 0.15) is 29.7 Å². The summed E-state index contributed by atoms with van der Waals surface area (Å²) in [4.78, 5) is 0.0645. The molecular weight excluding hydrogens is 293 g/mol. The van der Waals surface area contributed by atoms with Crippen LogP contribution in [0.4, 0.5) is 4.39 Å². The van der Waals surface area contributed by atoms with Crippen LogP contribution in [0, 0.1) is 19.7 Å². The molecule has 0 spiro atoms. The predicted molar refractivity (Wildman–Crippen MR) is 77.8 cm³/mol. The van der Waals surface area contributed by atoms with Crippen molar-refractivity contribution in [2.24, 2.45) is 7.05 Å². The Labute approximate surface area is 123 Å². The first kappa shape index (κ1) is 15.7. The van der Waals surface area contributed by atoms with Gasteiger partial charge in [-0.2, -0.15) is 5.10 Å². The molecule has 0 saturated carbocycles. The van der Waals surface area contributed by atoms with Crippen LogP contribution in [-0.4, -0.2) is 18.2 Å². The molecule has 21 heavy (non-hydrogen) atoms. The van der Waals surface area contributed by atoms with Gasteiger partial charge in [0.2, 0.25) is 10.0 Å². The van der Waals surface area contributed by atoms with E-state index in [1.54, 1.807) is 44.9 Å². The van der Waals surface area contributed by atoms with Crippen molar-refractivity contribution in [2.75, 3.05) is 0 Å². The van der Waals surface area contributed by atoms with Crippen LogP contribution in [0.25, 0.3) is 0 Å². The molecule has 2 aromatic rings. The van der Waals surface area contributed by atoms with Crippen LogP contribution < -0.4 is 4.72 Å².